The van der Waals surface area contributed by atoms with Crippen molar-refractivity contribution in [2.75, 3.05) is 25.6 Å². The maximum Gasteiger partial charge on any atom is 0.416 e. The third kappa shape index (κ3) is 5.14. The molecule has 1 aromatic rings. The van der Waals surface area contributed by atoms with Crippen LogP contribution in [0.1, 0.15) is 5.56 Å². The molecule has 0 heterocycles. The zero-order chi connectivity index (χ0) is 14.3. The first-order valence-electron chi connectivity index (χ1n) is 5.41. The van der Waals surface area contributed by atoms with Crippen LogP contribution in [-0.2, 0) is 10.9 Å². The van der Waals surface area contributed by atoms with E-state index in [0.29, 0.717) is 18.8 Å². The SMILES string of the molecule is COCCN=C(NN)Nc1ccc(C(F)(F)F)cc1. The van der Waals surface area contributed by atoms with Crippen LogP contribution < -0.4 is 16.6 Å². The Labute approximate surface area is 108 Å². The minimum Gasteiger partial charge on any atom is -0.383 e. The van der Waals surface area contributed by atoms with E-state index >= 15 is 0 Å². The van der Waals surface area contributed by atoms with E-state index in [0.717, 1.165) is 12.1 Å². The average Bonchev–Trinajstić information content (AvgIpc) is 2.37. The molecule has 8 heteroatoms. The quantitative estimate of drug-likeness (QED) is 0.257. The van der Waals surface area contributed by atoms with Crippen LogP contribution in [0.2, 0.25) is 0 Å². The summed E-state index contributed by atoms with van der Waals surface area (Å²) in [6.07, 6.45) is -4.35. The fourth-order valence-corrected chi connectivity index (χ4v) is 1.25. The summed E-state index contributed by atoms with van der Waals surface area (Å²) < 4.78 is 41.9. The summed E-state index contributed by atoms with van der Waals surface area (Å²) >= 11 is 0. The lowest BCUT2D eigenvalue weighted by molar-refractivity contribution is -0.137. The fourth-order valence-electron chi connectivity index (χ4n) is 1.25. The molecule has 0 unspecified atom stereocenters. The molecule has 106 valence electrons. The number of guanidine groups is 1. The van der Waals surface area contributed by atoms with Crippen LogP contribution in [0.15, 0.2) is 29.3 Å². The van der Waals surface area contributed by atoms with E-state index in [1.165, 1.54) is 19.2 Å². The third-order valence-electron chi connectivity index (χ3n) is 2.18. The number of aliphatic imine (C=N–C) groups is 1. The number of benzene rings is 1. The number of halogens is 3. The van der Waals surface area contributed by atoms with Crippen molar-refractivity contribution in [1.29, 1.82) is 0 Å². The van der Waals surface area contributed by atoms with Crippen LogP contribution in [0.3, 0.4) is 0 Å². The normalized spacial score (nSPS) is 12.4. The lowest BCUT2D eigenvalue weighted by Crippen LogP contribution is -2.36. The molecule has 0 saturated carbocycles. The smallest absolute Gasteiger partial charge is 0.383 e. The van der Waals surface area contributed by atoms with E-state index in [9.17, 15) is 13.2 Å². The van der Waals surface area contributed by atoms with Crippen molar-refractivity contribution in [2.45, 2.75) is 6.18 Å². The van der Waals surface area contributed by atoms with Crippen molar-refractivity contribution >= 4 is 11.6 Å². The Morgan fingerprint density at radius 3 is 2.42 bits per heavy atom. The average molecular weight is 276 g/mol. The minimum absolute atomic E-state index is 0.247. The maximum atomic E-state index is 12.4. The molecule has 0 aliphatic heterocycles. The number of hydrogen-bond acceptors (Lipinski definition) is 3. The molecule has 0 aromatic heterocycles. The summed E-state index contributed by atoms with van der Waals surface area (Å²) in [5, 5.41) is 2.76. The van der Waals surface area contributed by atoms with E-state index in [1.807, 2.05) is 0 Å². The predicted octanol–water partition coefficient (Wildman–Crippen LogP) is 1.58. The molecule has 4 N–H and O–H groups in total. The highest BCUT2D eigenvalue weighted by molar-refractivity contribution is 5.93. The summed E-state index contributed by atoms with van der Waals surface area (Å²) in [6.45, 7) is 0.795. The highest BCUT2D eigenvalue weighted by atomic mass is 19.4. The molecule has 19 heavy (non-hydrogen) atoms. The Morgan fingerprint density at radius 1 is 1.32 bits per heavy atom. The first kappa shape index (κ1) is 15.3. The van der Waals surface area contributed by atoms with E-state index in [1.54, 1.807) is 0 Å². The lowest BCUT2D eigenvalue weighted by atomic mass is 10.2. The summed E-state index contributed by atoms with van der Waals surface area (Å²) in [4.78, 5) is 4.02. The molecular formula is C11H15F3N4O. The van der Waals surface area contributed by atoms with E-state index < -0.39 is 11.7 Å². The highest BCUT2D eigenvalue weighted by Crippen LogP contribution is 2.29. The molecule has 0 amide bonds. The van der Waals surface area contributed by atoms with Gasteiger partial charge >= 0.3 is 6.18 Å². The molecule has 0 saturated heterocycles. The van der Waals surface area contributed by atoms with Gasteiger partial charge in [0.05, 0.1) is 18.7 Å². The molecule has 0 atom stereocenters. The topological polar surface area (TPSA) is 71.7 Å². The number of ether oxygens (including phenoxy) is 1. The van der Waals surface area contributed by atoms with Gasteiger partial charge in [0.15, 0.2) is 0 Å². The second-order valence-corrected chi connectivity index (χ2v) is 3.57. The summed E-state index contributed by atoms with van der Waals surface area (Å²) in [5.74, 6) is 5.48. The predicted molar refractivity (Wildman–Crippen MR) is 66.6 cm³/mol. The first-order valence-corrected chi connectivity index (χ1v) is 5.41. The van der Waals surface area contributed by atoms with Crippen molar-refractivity contribution in [1.82, 2.24) is 5.43 Å². The van der Waals surface area contributed by atoms with Crippen LogP contribution in [0.5, 0.6) is 0 Å². The Morgan fingerprint density at radius 2 is 1.95 bits per heavy atom. The summed E-state index contributed by atoms with van der Waals surface area (Å²) in [6, 6.07) is 4.55. The Kier molecular flexibility index (Phi) is 5.58. The molecule has 0 aliphatic rings. The molecule has 0 fully saturated rings. The number of anilines is 1. The lowest BCUT2D eigenvalue weighted by Gasteiger charge is -2.11. The standard InChI is InChI=1S/C11H15F3N4O/c1-19-7-6-16-10(18-15)17-9-4-2-8(3-5-9)11(12,13)14/h2-5H,6-7,15H2,1H3,(H2,16,17,18). The van der Waals surface area contributed by atoms with Crippen molar-refractivity contribution in [3.63, 3.8) is 0 Å². The van der Waals surface area contributed by atoms with Gasteiger partial charge in [-0.2, -0.15) is 13.2 Å². The number of alkyl halides is 3. The van der Waals surface area contributed by atoms with Crippen molar-refractivity contribution in [3.05, 3.63) is 29.8 Å². The monoisotopic (exact) mass is 276 g/mol. The van der Waals surface area contributed by atoms with Gasteiger partial charge in [0.1, 0.15) is 0 Å². The molecule has 0 bridgehead atoms. The largest absolute Gasteiger partial charge is 0.416 e. The minimum atomic E-state index is -4.35. The zero-order valence-electron chi connectivity index (χ0n) is 10.3. The van der Waals surface area contributed by atoms with Gasteiger partial charge in [0, 0.05) is 12.8 Å². The Balaban J connectivity index is 2.68. The van der Waals surface area contributed by atoms with Crippen LogP contribution in [-0.4, -0.2) is 26.2 Å². The number of nitrogens with one attached hydrogen (secondary N) is 2. The van der Waals surface area contributed by atoms with Crippen molar-refractivity contribution in [3.8, 4) is 0 Å². The van der Waals surface area contributed by atoms with Crippen LogP contribution in [0.25, 0.3) is 0 Å². The van der Waals surface area contributed by atoms with Gasteiger partial charge in [0.25, 0.3) is 0 Å². The number of nitrogens with two attached hydrogens (primary N) is 1. The van der Waals surface area contributed by atoms with Crippen molar-refractivity contribution < 1.29 is 17.9 Å². The van der Waals surface area contributed by atoms with Gasteiger partial charge in [-0.25, -0.2) is 10.8 Å². The molecule has 0 spiro atoms. The fraction of sp³-hybridized carbons (Fsp3) is 0.364. The van der Waals surface area contributed by atoms with Gasteiger partial charge in [-0.3, -0.25) is 5.43 Å². The van der Waals surface area contributed by atoms with Gasteiger partial charge in [0.2, 0.25) is 5.96 Å². The van der Waals surface area contributed by atoms with Crippen LogP contribution in [0.4, 0.5) is 18.9 Å². The molecule has 0 radical (unpaired) electrons. The highest BCUT2D eigenvalue weighted by Gasteiger charge is 2.29. The molecule has 1 aromatic carbocycles. The number of nitrogens with zero attached hydrogens (tertiary/aromatic N) is 1. The maximum absolute atomic E-state index is 12.4. The van der Waals surface area contributed by atoms with Gasteiger partial charge in [-0.1, -0.05) is 0 Å². The van der Waals surface area contributed by atoms with E-state index in [4.69, 9.17) is 10.6 Å². The van der Waals surface area contributed by atoms with Crippen LogP contribution >= 0.6 is 0 Å². The van der Waals surface area contributed by atoms with E-state index in [2.05, 4.69) is 15.7 Å². The Hall–Kier alpha value is -1.80. The van der Waals surface area contributed by atoms with Gasteiger partial charge in [-0.05, 0) is 24.3 Å². The number of rotatable bonds is 4. The summed E-state index contributed by atoms with van der Waals surface area (Å²) in [7, 11) is 1.54. The van der Waals surface area contributed by atoms with E-state index in [-0.39, 0.29) is 5.96 Å². The second kappa shape index (κ2) is 6.95. The second-order valence-electron chi connectivity index (χ2n) is 3.57. The molecule has 5 nitrogen and oxygen atoms in total. The zero-order valence-corrected chi connectivity index (χ0v) is 10.3. The Bertz CT molecular complexity index is 417. The first-order chi connectivity index (χ1) is 8.97. The number of hydrogen-bond donors (Lipinski definition) is 3. The van der Waals surface area contributed by atoms with Gasteiger partial charge in [-0.15, -0.1) is 0 Å². The van der Waals surface area contributed by atoms with Crippen molar-refractivity contribution in [2.24, 2.45) is 10.8 Å². The number of hydrazine groups is 1. The third-order valence-corrected chi connectivity index (χ3v) is 2.18. The summed E-state index contributed by atoms with van der Waals surface area (Å²) in [5.41, 5.74) is 2.05. The van der Waals surface area contributed by atoms with Gasteiger partial charge < -0.3 is 10.1 Å². The van der Waals surface area contributed by atoms with Crippen LogP contribution in [0, 0.1) is 0 Å². The molecular weight excluding hydrogens is 261 g/mol. The molecule has 0 aliphatic carbocycles. The number of methoxy groups -OCH3 is 1. The molecule has 1 rings (SSSR count).